The fourth-order valence-electron chi connectivity index (χ4n) is 2.66. The van der Waals surface area contributed by atoms with Crippen LogP contribution < -0.4 is 10.9 Å². The van der Waals surface area contributed by atoms with E-state index in [9.17, 15) is 19.7 Å². The van der Waals surface area contributed by atoms with E-state index < -0.39 is 10.8 Å². The van der Waals surface area contributed by atoms with Crippen molar-refractivity contribution in [3.63, 3.8) is 0 Å². The summed E-state index contributed by atoms with van der Waals surface area (Å²) in [6.07, 6.45) is 4.21. The number of hydrogen-bond donors (Lipinski definition) is 2. The van der Waals surface area contributed by atoms with Crippen molar-refractivity contribution in [3.05, 3.63) is 45.8 Å². The van der Waals surface area contributed by atoms with Gasteiger partial charge in [-0.3, -0.25) is 30.6 Å². The number of thioether (sulfide) groups is 1. The molecule has 2 heterocycles. The van der Waals surface area contributed by atoms with Gasteiger partial charge in [-0.05, 0) is 25.0 Å². The number of nitro groups is 1. The quantitative estimate of drug-likeness (QED) is 0.449. The first-order valence-corrected chi connectivity index (χ1v) is 9.41. The average Bonchev–Trinajstić information content (AvgIpc) is 2.90. The number of fused-ring (bicyclic) bond motifs is 1. The Hall–Kier alpha value is -2.95. The minimum atomic E-state index is -0.556. The van der Waals surface area contributed by atoms with E-state index in [1.165, 1.54) is 36.0 Å². The van der Waals surface area contributed by atoms with Gasteiger partial charge in [-0.1, -0.05) is 18.2 Å². The summed E-state index contributed by atoms with van der Waals surface area (Å²) in [4.78, 5) is 34.0. The van der Waals surface area contributed by atoms with E-state index in [4.69, 9.17) is 0 Å². The number of hydrogen-bond acceptors (Lipinski definition) is 7. The Morgan fingerprint density at radius 2 is 1.93 bits per heavy atom. The number of aryl methyl sites for hydroxylation is 1. The Morgan fingerprint density at radius 3 is 2.67 bits per heavy atom. The summed E-state index contributed by atoms with van der Waals surface area (Å²) in [6.45, 7) is 0.850. The molecule has 0 bridgehead atoms. The highest BCUT2D eigenvalue weighted by atomic mass is 32.2. The smallest absolute Gasteiger partial charge is 0.269 e. The van der Waals surface area contributed by atoms with Gasteiger partial charge in [-0.2, -0.15) is 0 Å². The molecule has 10 nitrogen and oxygen atoms in total. The molecule has 0 fully saturated rings. The number of rotatable bonds is 5. The van der Waals surface area contributed by atoms with Crippen LogP contribution in [0.25, 0.3) is 0 Å². The molecule has 2 N–H and O–H groups in total. The molecule has 1 aliphatic heterocycles. The number of nitro benzene ring substituents is 1. The standard InChI is InChI=1S/C16H18N6O4S/c23-14(10-27-16-20-17-13-4-2-1-3-9-21(13)16)18-19-15(24)11-5-7-12(8-6-11)22(25)26/h5-8H,1-4,9-10H2,(H,18,23)(H,19,24). The molecule has 1 aromatic carbocycles. The molecule has 1 aromatic heterocycles. The highest BCUT2D eigenvalue weighted by Crippen LogP contribution is 2.21. The molecular weight excluding hydrogens is 372 g/mol. The van der Waals surface area contributed by atoms with Gasteiger partial charge >= 0.3 is 0 Å². The van der Waals surface area contributed by atoms with E-state index in [2.05, 4.69) is 21.0 Å². The molecule has 2 amide bonds. The van der Waals surface area contributed by atoms with Crippen LogP contribution in [0.4, 0.5) is 5.69 Å². The number of non-ortho nitro benzene ring substituents is 1. The fraction of sp³-hybridized carbons (Fsp3) is 0.375. The Balaban J connectivity index is 1.48. The van der Waals surface area contributed by atoms with Crippen LogP contribution in [0.5, 0.6) is 0 Å². The van der Waals surface area contributed by atoms with Crippen molar-refractivity contribution in [1.82, 2.24) is 25.6 Å². The molecule has 1 aliphatic rings. The summed E-state index contributed by atoms with van der Waals surface area (Å²) in [5, 5.41) is 19.6. The van der Waals surface area contributed by atoms with Crippen LogP contribution in [0, 0.1) is 10.1 Å². The number of nitrogens with zero attached hydrogens (tertiary/aromatic N) is 4. The van der Waals surface area contributed by atoms with Crippen molar-refractivity contribution in [3.8, 4) is 0 Å². The monoisotopic (exact) mass is 390 g/mol. The van der Waals surface area contributed by atoms with E-state index in [0.29, 0.717) is 5.16 Å². The summed E-state index contributed by atoms with van der Waals surface area (Å²) >= 11 is 1.26. The van der Waals surface area contributed by atoms with Gasteiger partial charge in [0, 0.05) is 30.7 Å². The second-order valence-electron chi connectivity index (χ2n) is 5.96. The van der Waals surface area contributed by atoms with Crippen LogP contribution in [0.1, 0.15) is 35.4 Å². The van der Waals surface area contributed by atoms with Gasteiger partial charge in [-0.25, -0.2) is 0 Å². The third kappa shape index (κ3) is 4.82. The highest BCUT2D eigenvalue weighted by Gasteiger charge is 2.16. The third-order valence-electron chi connectivity index (χ3n) is 4.06. The Kier molecular flexibility index (Phi) is 6.01. The van der Waals surface area contributed by atoms with Crippen LogP contribution in [0.15, 0.2) is 29.4 Å². The second kappa shape index (κ2) is 8.62. The number of amides is 2. The zero-order valence-electron chi connectivity index (χ0n) is 14.4. The van der Waals surface area contributed by atoms with Crippen molar-refractivity contribution in [2.75, 3.05) is 5.75 Å². The lowest BCUT2D eigenvalue weighted by Gasteiger charge is -2.08. The lowest BCUT2D eigenvalue weighted by molar-refractivity contribution is -0.384. The molecule has 2 aromatic rings. The molecular formula is C16H18N6O4S. The zero-order valence-corrected chi connectivity index (χ0v) is 15.2. The van der Waals surface area contributed by atoms with Crippen molar-refractivity contribution >= 4 is 29.3 Å². The van der Waals surface area contributed by atoms with Gasteiger partial charge in [0.05, 0.1) is 10.7 Å². The molecule has 11 heteroatoms. The predicted octanol–water partition coefficient (Wildman–Crippen LogP) is 1.47. The van der Waals surface area contributed by atoms with Gasteiger partial charge < -0.3 is 4.57 Å². The van der Waals surface area contributed by atoms with Gasteiger partial charge in [0.15, 0.2) is 5.16 Å². The molecule has 0 spiro atoms. The third-order valence-corrected chi connectivity index (χ3v) is 5.03. The molecule has 0 radical (unpaired) electrons. The maximum atomic E-state index is 12.0. The van der Waals surface area contributed by atoms with Crippen LogP contribution in [0.2, 0.25) is 0 Å². The Labute approximate surface area is 158 Å². The zero-order chi connectivity index (χ0) is 19.2. The lowest BCUT2D eigenvalue weighted by Crippen LogP contribution is -2.42. The van der Waals surface area contributed by atoms with Crippen LogP contribution in [0.3, 0.4) is 0 Å². The van der Waals surface area contributed by atoms with Gasteiger partial charge in [0.25, 0.3) is 11.6 Å². The fourth-order valence-corrected chi connectivity index (χ4v) is 3.45. The first-order chi connectivity index (χ1) is 13.0. The number of nitrogens with one attached hydrogen (secondary N) is 2. The summed E-state index contributed by atoms with van der Waals surface area (Å²) in [6, 6.07) is 5.09. The average molecular weight is 390 g/mol. The summed E-state index contributed by atoms with van der Waals surface area (Å²) < 4.78 is 2.04. The van der Waals surface area contributed by atoms with E-state index in [-0.39, 0.29) is 22.9 Å². The largest absolute Gasteiger partial charge is 0.306 e. The summed E-state index contributed by atoms with van der Waals surface area (Å²) in [5.74, 6) is 0.0845. The molecule has 0 saturated carbocycles. The predicted molar refractivity (Wildman–Crippen MR) is 97.0 cm³/mol. The van der Waals surface area contributed by atoms with Crippen LogP contribution in [-0.4, -0.2) is 37.3 Å². The normalized spacial score (nSPS) is 13.3. The number of carbonyl (C=O) groups is 2. The van der Waals surface area contributed by atoms with E-state index in [0.717, 1.165) is 38.1 Å². The first-order valence-electron chi connectivity index (χ1n) is 8.43. The van der Waals surface area contributed by atoms with Gasteiger partial charge in [0.1, 0.15) is 5.82 Å². The van der Waals surface area contributed by atoms with Gasteiger partial charge in [0.2, 0.25) is 5.91 Å². The summed E-state index contributed by atoms with van der Waals surface area (Å²) in [7, 11) is 0. The second-order valence-corrected chi connectivity index (χ2v) is 6.90. The van der Waals surface area contributed by atoms with Crippen LogP contribution >= 0.6 is 11.8 Å². The number of benzene rings is 1. The van der Waals surface area contributed by atoms with Gasteiger partial charge in [-0.15, -0.1) is 10.2 Å². The minimum Gasteiger partial charge on any atom is -0.306 e. The maximum absolute atomic E-state index is 12.0. The molecule has 0 atom stereocenters. The minimum absolute atomic E-state index is 0.0820. The number of carbonyl (C=O) groups excluding carboxylic acids is 2. The number of aromatic nitrogens is 3. The van der Waals surface area contributed by atoms with Crippen LogP contribution in [-0.2, 0) is 17.8 Å². The molecule has 0 unspecified atom stereocenters. The number of hydrazine groups is 1. The van der Waals surface area contributed by atoms with Crippen molar-refractivity contribution in [2.45, 2.75) is 37.4 Å². The van der Waals surface area contributed by atoms with E-state index >= 15 is 0 Å². The Bertz CT molecular complexity index is 851. The molecule has 27 heavy (non-hydrogen) atoms. The first kappa shape index (κ1) is 18.8. The van der Waals surface area contributed by atoms with Crippen molar-refractivity contribution in [2.24, 2.45) is 0 Å². The molecule has 0 saturated heterocycles. The lowest BCUT2D eigenvalue weighted by atomic mass is 10.2. The maximum Gasteiger partial charge on any atom is 0.269 e. The molecule has 0 aliphatic carbocycles. The van der Waals surface area contributed by atoms with E-state index in [1.807, 2.05) is 4.57 Å². The van der Waals surface area contributed by atoms with Crippen molar-refractivity contribution in [1.29, 1.82) is 0 Å². The Morgan fingerprint density at radius 1 is 1.15 bits per heavy atom. The highest BCUT2D eigenvalue weighted by molar-refractivity contribution is 7.99. The SMILES string of the molecule is O=C(CSc1nnc2n1CCCCC2)NNC(=O)c1ccc([N+](=O)[O-])cc1. The summed E-state index contributed by atoms with van der Waals surface area (Å²) in [5.41, 5.74) is 4.70. The van der Waals surface area contributed by atoms with E-state index in [1.54, 1.807) is 0 Å². The molecule has 142 valence electrons. The molecule has 3 rings (SSSR count). The topological polar surface area (TPSA) is 132 Å². The van der Waals surface area contributed by atoms with Crippen molar-refractivity contribution < 1.29 is 14.5 Å².